The van der Waals surface area contributed by atoms with Gasteiger partial charge in [0.1, 0.15) is 0 Å². The highest BCUT2D eigenvalue weighted by Gasteiger charge is 2.38. The third-order valence-corrected chi connectivity index (χ3v) is 4.03. The smallest absolute Gasteiger partial charge is 0.230 e. The van der Waals surface area contributed by atoms with Gasteiger partial charge in [-0.2, -0.15) is 0 Å². The van der Waals surface area contributed by atoms with Crippen LogP contribution in [0.15, 0.2) is 0 Å². The van der Waals surface area contributed by atoms with Gasteiger partial charge in [0.2, 0.25) is 5.91 Å². The topological polar surface area (TPSA) is 46.3 Å². The van der Waals surface area contributed by atoms with Gasteiger partial charge >= 0.3 is 0 Å². The predicted molar refractivity (Wildman–Crippen MR) is 78.4 cm³/mol. The maximum absolute atomic E-state index is 12.9. The molecule has 1 atom stereocenters. The van der Waals surface area contributed by atoms with E-state index in [1.54, 1.807) is 0 Å². The van der Waals surface area contributed by atoms with Crippen LogP contribution >= 0.6 is 0 Å². The van der Waals surface area contributed by atoms with Crippen LogP contribution in [0.1, 0.15) is 66.7 Å². The number of hydrogen-bond donors (Lipinski definition) is 1. The maximum atomic E-state index is 12.9. The molecule has 2 N–H and O–H groups in total. The minimum absolute atomic E-state index is 0.269. The van der Waals surface area contributed by atoms with Crippen molar-refractivity contribution in [2.24, 2.45) is 11.1 Å². The van der Waals surface area contributed by atoms with Crippen molar-refractivity contribution >= 4 is 5.91 Å². The molecule has 3 heteroatoms. The van der Waals surface area contributed by atoms with E-state index in [1.165, 1.54) is 0 Å². The summed E-state index contributed by atoms with van der Waals surface area (Å²) >= 11 is 0. The van der Waals surface area contributed by atoms with E-state index in [0.717, 1.165) is 38.6 Å². The standard InChI is InChI=1S/C15H32N2O/c1-6-10-15(12-16,11-7-2)14(18)17(9-4)13(5)8-3/h13H,6-12,16H2,1-5H3. The van der Waals surface area contributed by atoms with Gasteiger partial charge in [-0.25, -0.2) is 0 Å². The molecule has 0 aromatic heterocycles. The van der Waals surface area contributed by atoms with Gasteiger partial charge in [0.15, 0.2) is 0 Å². The second-order valence-electron chi connectivity index (χ2n) is 5.33. The van der Waals surface area contributed by atoms with E-state index in [9.17, 15) is 4.79 Å². The summed E-state index contributed by atoms with van der Waals surface area (Å²) < 4.78 is 0. The summed E-state index contributed by atoms with van der Waals surface area (Å²) in [6.45, 7) is 11.8. The number of nitrogens with two attached hydrogens (primary N) is 1. The Kier molecular flexibility index (Phi) is 8.25. The lowest BCUT2D eigenvalue weighted by Crippen LogP contribution is -2.51. The van der Waals surface area contributed by atoms with E-state index >= 15 is 0 Å². The van der Waals surface area contributed by atoms with Gasteiger partial charge in [-0.15, -0.1) is 0 Å². The van der Waals surface area contributed by atoms with E-state index in [0.29, 0.717) is 12.6 Å². The van der Waals surface area contributed by atoms with Crippen molar-refractivity contribution in [2.75, 3.05) is 13.1 Å². The highest BCUT2D eigenvalue weighted by atomic mass is 16.2. The zero-order valence-corrected chi connectivity index (χ0v) is 13.0. The minimum atomic E-state index is -0.330. The summed E-state index contributed by atoms with van der Waals surface area (Å²) in [6.07, 6.45) is 4.84. The first-order chi connectivity index (χ1) is 8.52. The number of rotatable bonds is 9. The number of hydrogen-bond acceptors (Lipinski definition) is 2. The zero-order valence-electron chi connectivity index (χ0n) is 13.0. The molecule has 1 unspecified atom stereocenters. The number of nitrogens with zero attached hydrogens (tertiary/aromatic N) is 1. The molecule has 0 saturated heterocycles. The Bertz CT molecular complexity index is 235. The third-order valence-electron chi connectivity index (χ3n) is 4.03. The molecule has 0 rings (SSSR count). The molecule has 0 fully saturated rings. The van der Waals surface area contributed by atoms with Gasteiger partial charge < -0.3 is 10.6 Å². The molecule has 0 aromatic carbocycles. The number of carbonyl (C=O) groups excluding carboxylic acids is 1. The first kappa shape index (κ1) is 17.4. The Labute approximate surface area is 113 Å². The average molecular weight is 256 g/mol. The van der Waals surface area contributed by atoms with E-state index in [-0.39, 0.29) is 11.3 Å². The number of carbonyl (C=O) groups is 1. The molecule has 0 spiro atoms. The van der Waals surface area contributed by atoms with Gasteiger partial charge in [-0.1, -0.05) is 33.6 Å². The van der Waals surface area contributed by atoms with Crippen LogP contribution in [-0.2, 0) is 4.79 Å². The fourth-order valence-corrected chi connectivity index (χ4v) is 2.77. The van der Waals surface area contributed by atoms with Crippen molar-refractivity contribution in [1.29, 1.82) is 0 Å². The summed E-state index contributed by atoms with van der Waals surface area (Å²) in [5, 5.41) is 0. The quantitative estimate of drug-likeness (QED) is 0.688. The molecule has 0 aromatic rings. The summed E-state index contributed by atoms with van der Waals surface area (Å²) in [7, 11) is 0. The monoisotopic (exact) mass is 256 g/mol. The SMILES string of the molecule is CCCC(CN)(CCC)C(=O)N(CC)C(C)CC. The molecule has 18 heavy (non-hydrogen) atoms. The van der Waals surface area contributed by atoms with Crippen LogP contribution in [0.5, 0.6) is 0 Å². The zero-order chi connectivity index (χ0) is 14.2. The normalized spacial score (nSPS) is 13.4. The molecule has 0 heterocycles. The van der Waals surface area contributed by atoms with Crippen molar-refractivity contribution in [3.05, 3.63) is 0 Å². The van der Waals surface area contributed by atoms with E-state index in [1.807, 2.05) is 4.90 Å². The molecule has 3 nitrogen and oxygen atoms in total. The van der Waals surface area contributed by atoms with Gasteiger partial charge in [0, 0.05) is 19.1 Å². The van der Waals surface area contributed by atoms with Crippen LogP contribution in [-0.4, -0.2) is 29.9 Å². The second kappa shape index (κ2) is 8.52. The van der Waals surface area contributed by atoms with Crippen molar-refractivity contribution < 1.29 is 4.79 Å². The van der Waals surface area contributed by atoms with E-state index in [4.69, 9.17) is 5.73 Å². The van der Waals surface area contributed by atoms with Crippen molar-refractivity contribution in [3.8, 4) is 0 Å². The molecular formula is C15H32N2O. The Morgan fingerprint density at radius 2 is 1.67 bits per heavy atom. The molecule has 0 aliphatic heterocycles. The van der Waals surface area contributed by atoms with Gasteiger partial charge in [0.25, 0.3) is 0 Å². The molecule has 1 amide bonds. The third kappa shape index (κ3) is 3.98. The molecule has 0 bridgehead atoms. The second-order valence-corrected chi connectivity index (χ2v) is 5.33. The van der Waals surface area contributed by atoms with E-state index in [2.05, 4.69) is 34.6 Å². The molecular weight excluding hydrogens is 224 g/mol. The Morgan fingerprint density at radius 3 is 1.94 bits per heavy atom. The molecule has 108 valence electrons. The highest BCUT2D eigenvalue weighted by Crippen LogP contribution is 2.32. The van der Waals surface area contributed by atoms with Crippen LogP contribution in [0.2, 0.25) is 0 Å². The highest BCUT2D eigenvalue weighted by molar-refractivity contribution is 5.83. The van der Waals surface area contributed by atoms with Crippen LogP contribution in [0.4, 0.5) is 0 Å². The van der Waals surface area contributed by atoms with Crippen LogP contribution in [0.3, 0.4) is 0 Å². The lowest BCUT2D eigenvalue weighted by atomic mass is 9.77. The van der Waals surface area contributed by atoms with E-state index < -0.39 is 0 Å². The molecule has 0 aliphatic rings. The minimum Gasteiger partial charge on any atom is -0.340 e. The van der Waals surface area contributed by atoms with Crippen LogP contribution < -0.4 is 5.73 Å². The molecule has 0 radical (unpaired) electrons. The largest absolute Gasteiger partial charge is 0.340 e. The van der Waals surface area contributed by atoms with Crippen molar-refractivity contribution in [1.82, 2.24) is 4.90 Å². The fourth-order valence-electron chi connectivity index (χ4n) is 2.77. The summed E-state index contributed by atoms with van der Waals surface area (Å²) in [6, 6.07) is 0.308. The number of amides is 1. The van der Waals surface area contributed by atoms with Crippen LogP contribution in [0.25, 0.3) is 0 Å². The summed E-state index contributed by atoms with van der Waals surface area (Å²) in [5.74, 6) is 0.269. The molecule has 0 aliphatic carbocycles. The maximum Gasteiger partial charge on any atom is 0.230 e. The van der Waals surface area contributed by atoms with Gasteiger partial charge in [-0.3, -0.25) is 4.79 Å². The van der Waals surface area contributed by atoms with Gasteiger partial charge in [0.05, 0.1) is 5.41 Å². The fraction of sp³-hybridized carbons (Fsp3) is 0.933. The summed E-state index contributed by atoms with van der Waals surface area (Å²) in [4.78, 5) is 14.9. The Hall–Kier alpha value is -0.570. The van der Waals surface area contributed by atoms with Crippen molar-refractivity contribution in [2.45, 2.75) is 72.8 Å². The first-order valence-electron chi connectivity index (χ1n) is 7.54. The van der Waals surface area contributed by atoms with Gasteiger partial charge in [-0.05, 0) is 33.1 Å². The first-order valence-corrected chi connectivity index (χ1v) is 7.54. The Morgan fingerprint density at radius 1 is 1.17 bits per heavy atom. The Balaban J connectivity index is 5.13. The molecule has 0 saturated carbocycles. The summed E-state index contributed by atoms with van der Waals surface area (Å²) in [5.41, 5.74) is 5.64. The predicted octanol–water partition coefficient (Wildman–Crippen LogP) is 3.18. The lowest BCUT2D eigenvalue weighted by Gasteiger charge is -2.38. The van der Waals surface area contributed by atoms with Crippen molar-refractivity contribution in [3.63, 3.8) is 0 Å². The average Bonchev–Trinajstić information content (AvgIpc) is 2.38. The van der Waals surface area contributed by atoms with Crippen LogP contribution in [0, 0.1) is 5.41 Å². The lowest BCUT2D eigenvalue weighted by molar-refractivity contribution is -0.144.